The summed E-state index contributed by atoms with van der Waals surface area (Å²) in [6, 6.07) is 1.44. The molecule has 3 N–H and O–H groups in total. The van der Waals surface area contributed by atoms with E-state index in [1.807, 2.05) is 6.92 Å². The van der Waals surface area contributed by atoms with E-state index in [1.54, 1.807) is 11.4 Å². The van der Waals surface area contributed by atoms with Crippen molar-refractivity contribution in [3.63, 3.8) is 0 Å². The Kier molecular flexibility index (Phi) is 4.77. The van der Waals surface area contributed by atoms with Crippen LogP contribution in [0.1, 0.15) is 37.0 Å². The SMILES string of the molecule is C[C@@H]1CCCN([C@H](C)C(=O)Nc2sccc2C(N)=O)C1. The van der Waals surface area contributed by atoms with Crippen molar-refractivity contribution in [1.29, 1.82) is 0 Å². The summed E-state index contributed by atoms with van der Waals surface area (Å²) in [5.41, 5.74) is 5.66. The zero-order chi connectivity index (χ0) is 14.7. The fourth-order valence-electron chi connectivity index (χ4n) is 2.56. The van der Waals surface area contributed by atoms with Gasteiger partial charge in [-0.2, -0.15) is 0 Å². The van der Waals surface area contributed by atoms with E-state index in [2.05, 4.69) is 17.1 Å². The van der Waals surface area contributed by atoms with E-state index in [1.165, 1.54) is 17.8 Å². The van der Waals surface area contributed by atoms with Gasteiger partial charge in [-0.25, -0.2) is 0 Å². The van der Waals surface area contributed by atoms with Crippen molar-refractivity contribution in [3.05, 3.63) is 17.0 Å². The molecule has 2 rings (SSSR count). The quantitative estimate of drug-likeness (QED) is 0.891. The second-order valence-corrected chi connectivity index (χ2v) is 6.35. The van der Waals surface area contributed by atoms with E-state index in [0.29, 0.717) is 16.5 Å². The molecule has 2 amide bonds. The molecular formula is C14H21N3O2S. The first-order valence-corrected chi connectivity index (χ1v) is 7.79. The molecule has 1 aliphatic rings. The van der Waals surface area contributed by atoms with Crippen LogP contribution < -0.4 is 11.1 Å². The zero-order valence-corrected chi connectivity index (χ0v) is 12.7. The van der Waals surface area contributed by atoms with Gasteiger partial charge in [-0.1, -0.05) is 6.92 Å². The summed E-state index contributed by atoms with van der Waals surface area (Å²) in [5.74, 6) is 0.0340. The standard InChI is InChI=1S/C14H21N3O2S/c1-9-4-3-6-17(8-9)10(2)13(19)16-14-11(12(15)18)5-7-20-14/h5,7,9-10H,3-4,6,8H2,1-2H3,(H2,15,18)(H,16,19)/t9-,10-/m1/s1. The molecule has 20 heavy (non-hydrogen) atoms. The van der Waals surface area contributed by atoms with Gasteiger partial charge in [0.1, 0.15) is 5.00 Å². The van der Waals surface area contributed by atoms with Crippen molar-refractivity contribution < 1.29 is 9.59 Å². The number of carbonyl (C=O) groups excluding carboxylic acids is 2. The van der Waals surface area contributed by atoms with Gasteiger partial charge in [-0.3, -0.25) is 14.5 Å². The van der Waals surface area contributed by atoms with Crippen molar-refractivity contribution in [3.8, 4) is 0 Å². The molecular weight excluding hydrogens is 274 g/mol. The third-order valence-corrected chi connectivity index (χ3v) is 4.61. The van der Waals surface area contributed by atoms with Gasteiger partial charge in [-0.15, -0.1) is 11.3 Å². The minimum Gasteiger partial charge on any atom is -0.366 e. The van der Waals surface area contributed by atoms with Crippen LogP contribution in [-0.4, -0.2) is 35.8 Å². The minimum absolute atomic E-state index is 0.0796. The molecule has 0 aliphatic carbocycles. The molecule has 0 aromatic carbocycles. The average Bonchev–Trinajstić information content (AvgIpc) is 2.86. The number of hydrogen-bond donors (Lipinski definition) is 2. The number of likely N-dealkylation sites (tertiary alicyclic amines) is 1. The third-order valence-electron chi connectivity index (χ3n) is 3.78. The molecule has 0 spiro atoms. The normalized spacial score (nSPS) is 21.4. The van der Waals surface area contributed by atoms with Crippen molar-refractivity contribution in [2.45, 2.75) is 32.7 Å². The number of primary amides is 1. The second kappa shape index (κ2) is 6.37. The van der Waals surface area contributed by atoms with Gasteiger partial charge in [0, 0.05) is 6.54 Å². The summed E-state index contributed by atoms with van der Waals surface area (Å²) in [7, 11) is 0. The number of anilines is 1. The van der Waals surface area contributed by atoms with Gasteiger partial charge in [0.2, 0.25) is 5.91 Å². The number of amides is 2. The highest BCUT2D eigenvalue weighted by atomic mass is 32.1. The van der Waals surface area contributed by atoms with Crippen LogP contribution in [0.4, 0.5) is 5.00 Å². The second-order valence-electron chi connectivity index (χ2n) is 5.44. The summed E-state index contributed by atoms with van der Waals surface area (Å²) < 4.78 is 0. The molecule has 2 heterocycles. The predicted octanol–water partition coefficient (Wildman–Crippen LogP) is 1.91. The van der Waals surface area contributed by atoms with E-state index < -0.39 is 5.91 Å². The van der Waals surface area contributed by atoms with E-state index >= 15 is 0 Å². The van der Waals surface area contributed by atoms with Crippen molar-refractivity contribution in [1.82, 2.24) is 4.90 Å². The highest BCUT2D eigenvalue weighted by molar-refractivity contribution is 7.14. The molecule has 1 fully saturated rings. The summed E-state index contributed by atoms with van der Waals surface area (Å²) in [4.78, 5) is 25.7. The van der Waals surface area contributed by atoms with Crippen LogP contribution in [-0.2, 0) is 4.79 Å². The number of hydrogen-bond acceptors (Lipinski definition) is 4. The van der Waals surface area contributed by atoms with Gasteiger partial charge in [-0.05, 0) is 43.7 Å². The van der Waals surface area contributed by atoms with Crippen LogP contribution in [0.15, 0.2) is 11.4 Å². The summed E-state index contributed by atoms with van der Waals surface area (Å²) >= 11 is 1.32. The van der Waals surface area contributed by atoms with E-state index in [9.17, 15) is 9.59 Å². The van der Waals surface area contributed by atoms with E-state index in [4.69, 9.17) is 5.73 Å². The third kappa shape index (κ3) is 3.37. The Bertz CT molecular complexity index is 500. The van der Waals surface area contributed by atoms with Crippen LogP contribution in [0.25, 0.3) is 0 Å². The first kappa shape index (κ1) is 15.0. The van der Waals surface area contributed by atoms with Gasteiger partial charge in [0.15, 0.2) is 0 Å². The van der Waals surface area contributed by atoms with Crippen LogP contribution >= 0.6 is 11.3 Å². The molecule has 0 radical (unpaired) electrons. The Morgan fingerprint density at radius 2 is 2.30 bits per heavy atom. The Morgan fingerprint density at radius 1 is 1.55 bits per heavy atom. The number of nitrogens with zero attached hydrogens (tertiary/aromatic N) is 1. The van der Waals surface area contributed by atoms with Crippen LogP contribution in [0.2, 0.25) is 0 Å². The smallest absolute Gasteiger partial charge is 0.251 e. The summed E-state index contributed by atoms with van der Waals surface area (Å²) in [6.07, 6.45) is 2.35. The van der Waals surface area contributed by atoms with Gasteiger partial charge in [0.05, 0.1) is 11.6 Å². The van der Waals surface area contributed by atoms with Crippen molar-refractivity contribution in [2.75, 3.05) is 18.4 Å². The Labute approximate surface area is 123 Å². The molecule has 6 heteroatoms. The van der Waals surface area contributed by atoms with E-state index in [-0.39, 0.29) is 11.9 Å². The number of carbonyl (C=O) groups is 2. The number of piperidine rings is 1. The van der Waals surface area contributed by atoms with Crippen molar-refractivity contribution >= 4 is 28.2 Å². The van der Waals surface area contributed by atoms with Crippen molar-refractivity contribution in [2.24, 2.45) is 11.7 Å². The highest BCUT2D eigenvalue weighted by Crippen LogP contribution is 2.24. The monoisotopic (exact) mass is 295 g/mol. The topological polar surface area (TPSA) is 75.4 Å². The molecule has 0 saturated carbocycles. The Morgan fingerprint density at radius 3 is 2.95 bits per heavy atom. The molecule has 110 valence electrons. The lowest BCUT2D eigenvalue weighted by atomic mass is 9.99. The Balaban J connectivity index is 2.00. The predicted molar refractivity (Wildman–Crippen MR) is 80.9 cm³/mol. The summed E-state index contributed by atoms with van der Waals surface area (Å²) in [5, 5.41) is 5.12. The molecule has 1 aromatic heterocycles. The highest BCUT2D eigenvalue weighted by Gasteiger charge is 2.26. The molecule has 1 aromatic rings. The number of thiophene rings is 1. The number of nitrogens with two attached hydrogens (primary N) is 1. The number of rotatable bonds is 4. The molecule has 1 saturated heterocycles. The van der Waals surface area contributed by atoms with Crippen LogP contribution in [0.3, 0.4) is 0 Å². The maximum Gasteiger partial charge on any atom is 0.251 e. The molecule has 1 aliphatic heterocycles. The van der Waals surface area contributed by atoms with Gasteiger partial charge < -0.3 is 11.1 Å². The maximum absolute atomic E-state index is 12.3. The molecule has 5 nitrogen and oxygen atoms in total. The van der Waals surface area contributed by atoms with E-state index in [0.717, 1.165) is 19.5 Å². The lowest BCUT2D eigenvalue weighted by Gasteiger charge is -2.34. The lowest BCUT2D eigenvalue weighted by Crippen LogP contribution is -2.46. The largest absolute Gasteiger partial charge is 0.366 e. The lowest BCUT2D eigenvalue weighted by molar-refractivity contribution is -0.121. The first-order chi connectivity index (χ1) is 9.49. The average molecular weight is 295 g/mol. The molecule has 2 atom stereocenters. The fraction of sp³-hybridized carbons (Fsp3) is 0.571. The summed E-state index contributed by atoms with van der Waals surface area (Å²) in [6.45, 7) is 6.01. The Hall–Kier alpha value is -1.40. The van der Waals surface area contributed by atoms with Gasteiger partial charge >= 0.3 is 0 Å². The molecule has 0 bridgehead atoms. The fourth-order valence-corrected chi connectivity index (χ4v) is 3.36. The van der Waals surface area contributed by atoms with Crippen LogP contribution in [0.5, 0.6) is 0 Å². The maximum atomic E-state index is 12.3. The number of nitrogens with one attached hydrogen (secondary N) is 1. The van der Waals surface area contributed by atoms with Crippen LogP contribution in [0, 0.1) is 5.92 Å². The molecule has 0 unspecified atom stereocenters. The first-order valence-electron chi connectivity index (χ1n) is 6.91. The minimum atomic E-state index is -0.513. The zero-order valence-electron chi connectivity index (χ0n) is 11.9. The van der Waals surface area contributed by atoms with Gasteiger partial charge in [0.25, 0.3) is 5.91 Å².